The van der Waals surface area contributed by atoms with Gasteiger partial charge in [-0.05, 0) is 12.8 Å². The summed E-state index contributed by atoms with van der Waals surface area (Å²) in [6.07, 6.45) is 8.23. The van der Waals surface area contributed by atoms with Crippen molar-refractivity contribution in [2.75, 3.05) is 0 Å². The molecule has 0 N–H and O–H groups in total. The number of aryl methyl sites for hydroxylation is 2. The third-order valence-electron chi connectivity index (χ3n) is 2.25. The number of fused-ring (bicyclic) bond motifs is 1. The van der Waals surface area contributed by atoms with E-state index in [1.165, 1.54) is 31.5 Å². The standard InChI is InChI=1S/C8H13N3.C2H6/c1-2-4-6-11-7-9-10-8(11)5-3-1;1-2/h7H,1-6H2;1-2H3. The third-order valence-corrected chi connectivity index (χ3v) is 2.25. The summed E-state index contributed by atoms with van der Waals surface area (Å²) in [6.45, 7) is 5.11. The number of aromatic nitrogens is 3. The fourth-order valence-electron chi connectivity index (χ4n) is 1.58. The highest BCUT2D eigenvalue weighted by Crippen LogP contribution is 2.11. The van der Waals surface area contributed by atoms with Crippen molar-refractivity contribution in [3.05, 3.63) is 12.2 Å². The summed E-state index contributed by atoms with van der Waals surface area (Å²) in [7, 11) is 0. The molecule has 0 amide bonds. The summed E-state index contributed by atoms with van der Waals surface area (Å²) >= 11 is 0. The minimum absolute atomic E-state index is 1.11. The first-order valence-electron chi connectivity index (χ1n) is 5.33. The molecule has 0 aliphatic carbocycles. The first kappa shape index (κ1) is 10.2. The topological polar surface area (TPSA) is 30.7 Å². The molecule has 0 aromatic carbocycles. The zero-order valence-electron chi connectivity index (χ0n) is 8.66. The molecule has 1 aromatic heterocycles. The second kappa shape index (κ2) is 5.73. The molecule has 3 heteroatoms. The monoisotopic (exact) mass is 181 g/mol. The van der Waals surface area contributed by atoms with E-state index in [1.54, 1.807) is 0 Å². The molecule has 1 aliphatic heterocycles. The van der Waals surface area contributed by atoms with Gasteiger partial charge in [-0.1, -0.05) is 26.7 Å². The summed E-state index contributed by atoms with van der Waals surface area (Å²) in [5.74, 6) is 1.17. The average Bonchev–Trinajstić information content (AvgIpc) is 2.55. The summed E-state index contributed by atoms with van der Waals surface area (Å²) in [5.41, 5.74) is 0. The van der Waals surface area contributed by atoms with Gasteiger partial charge in [-0.25, -0.2) is 0 Å². The normalized spacial score (nSPS) is 16.2. The molecule has 0 saturated heterocycles. The van der Waals surface area contributed by atoms with Crippen LogP contribution in [0.5, 0.6) is 0 Å². The molecular weight excluding hydrogens is 162 g/mol. The van der Waals surface area contributed by atoms with Gasteiger partial charge in [0.2, 0.25) is 0 Å². The van der Waals surface area contributed by atoms with Crippen LogP contribution in [0.15, 0.2) is 6.33 Å². The van der Waals surface area contributed by atoms with Crippen molar-refractivity contribution in [1.29, 1.82) is 0 Å². The molecule has 1 aromatic rings. The van der Waals surface area contributed by atoms with Gasteiger partial charge >= 0.3 is 0 Å². The van der Waals surface area contributed by atoms with Crippen LogP contribution >= 0.6 is 0 Å². The third kappa shape index (κ3) is 2.83. The Morgan fingerprint density at radius 1 is 1.15 bits per heavy atom. The van der Waals surface area contributed by atoms with E-state index in [-0.39, 0.29) is 0 Å². The Morgan fingerprint density at radius 2 is 1.92 bits per heavy atom. The van der Waals surface area contributed by atoms with Gasteiger partial charge in [0, 0.05) is 13.0 Å². The predicted molar refractivity (Wildman–Crippen MR) is 53.5 cm³/mol. The molecule has 2 rings (SSSR count). The number of rotatable bonds is 0. The van der Waals surface area contributed by atoms with Gasteiger partial charge in [-0.3, -0.25) is 0 Å². The Hall–Kier alpha value is -0.860. The molecule has 0 atom stereocenters. The Bertz CT molecular complexity index is 207. The van der Waals surface area contributed by atoms with Gasteiger partial charge in [-0.15, -0.1) is 10.2 Å². The Kier molecular flexibility index (Phi) is 4.50. The van der Waals surface area contributed by atoms with E-state index in [9.17, 15) is 0 Å². The van der Waals surface area contributed by atoms with E-state index in [1.807, 2.05) is 20.2 Å². The molecule has 1 aliphatic rings. The lowest BCUT2D eigenvalue weighted by Crippen LogP contribution is -2.06. The Morgan fingerprint density at radius 3 is 2.77 bits per heavy atom. The first-order valence-corrected chi connectivity index (χ1v) is 5.33. The van der Waals surface area contributed by atoms with Crippen LogP contribution < -0.4 is 0 Å². The molecule has 0 fully saturated rings. The molecule has 2 heterocycles. The zero-order valence-corrected chi connectivity index (χ0v) is 8.66. The predicted octanol–water partition coefficient (Wildman–Crippen LogP) is 2.42. The smallest absolute Gasteiger partial charge is 0.132 e. The highest BCUT2D eigenvalue weighted by atomic mass is 15.3. The molecule has 74 valence electrons. The Labute approximate surface area is 80.2 Å². The Balaban J connectivity index is 0.000000396. The van der Waals surface area contributed by atoms with Crippen LogP contribution in [0, 0.1) is 0 Å². The molecule has 0 saturated carbocycles. The van der Waals surface area contributed by atoms with Crippen LogP contribution in [-0.2, 0) is 13.0 Å². The maximum atomic E-state index is 4.07. The van der Waals surface area contributed by atoms with E-state index < -0.39 is 0 Å². The lowest BCUT2D eigenvalue weighted by Gasteiger charge is -2.09. The SMILES string of the molecule is CC.c1nnc2n1CCCCCC2. The maximum Gasteiger partial charge on any atom is 0.132 e. The van der Waals surface area contributed by atoms with Crippen LogP contribution in [-0.4, -0.2) is 14.8 Å². The van der Waals surface area contributed by atoms with Gasteiger partial charge in [0.05, 0.1) is 0 Å². The van der Waals surface area contributed by atoms with E-state index in [0.29, 0.717) is 0 Å². The quantitative estimate of drug-likeness (QED) is 0.615. The van der Waals surface area contributed by atoms with E-state index in [2.05, 4.69) is 14.8 Å². The highest BCUT2D eigenvalue weighted by Gasteiger charge is 2.06. The van der Waals surface area contributed by atoms with E-state index in [4.69, 9.17) is 0 Å². The van der Waals surface area contributed by atoms with Gasteiger partial charge in [0.1, 0.15) is 12.2 Å². The first-order chi connectivity index (χ1) is 6.47. The molecule has 0 bridgehead atoms. The maximum absolute atomic E-state index is 4.07. The van der Waals surface area contributed by atoms with Crippen molar-refractivity contribution in [2.24, 2.45) is 0 Å². The summed E-state index contributed by atoms with van der Waals surface area (Å²) < 4.78 is 2.18. The molecule has 0 spiro atoms. The van der Waals surface area contributed by atoms with E-state index in [0.717, 1.165) is 13.0 Å². The minimum Gasteiger partial charge on any atom is -0.318 e. The van der Waals surface area contributed by atoms with Gasteiger partial charge in [0.15, 0.2) is 0 Å². The van der Waals surface area contributed by atoms with E-state index >= 15 is 0 Å². The van der Waals surface area contributed by atoms with Crippen LogP contribution in [0.25, 0.3) is 0 Å². The number of nitrogens with zero attached hydrogens (tertiary/aromatic N) is 3. The van der Waals surface area contributed by atoms with Crippen molar-refractivity contribution in [3.8, 4) is 0 Å². The van der Waals surface area contributed by atoms with Crippen LogP contribution in [0.4, 0.5) is 0 Å². The van der Waals surface area contributed by atoms with Gasteiger partial charge in [0.25, 0.3) is 0 Å². The van der Waals surface area contributed by atoms with Crippen molar-refractivity contribution in [1.82, 2.24) is 14.8 Å². The summed E-state index contributed by atoms with van der Waals surface area (Å²) in [5, 5.41) is 7.97. The van der Waals surface area contributed by atoms with Gasteiger partial charge in [-0.2, -0.15) is 0 Å². The van der Waals surface area contributed by atoms with Crippen LogP contribution in [0.3, 0.4) is 0 Å². The second-order valence-corrected chi connectivity index (χ2v) is 3.10. The van der Waals surface area contributed by atoms with Crippen molar-refractivity contribution >= 4 is 0 Å². The highest BCUT2D eigenvalue weighted by molar-refractivity contribution is 4.86. The summed E-state index contributed by atoms with van der Waals surface area (Å²) in [6, 6.07) is 0. The summed E-state index contributed by atoms with van der Waals surface area (Å²) in [4.78, 5) is 0. The molecule has 3 nitrogen and oxygen atoms in total. The van der Waals surface area contributed by atoms with Crippen LogP contribution in [0.1, 0.15) is 45.4 Å². The van der Waals surface area contributed by atoms with Crippen molar-refractivity contribution in [3.63, 3.8) is 0 Å². The lowest BCUT2D eigenvalue weighted by atomic mass is 10.1. The van der Waals surface area contributed by atoms with Crippen molar-refractivity contribution < 1.29 is 0 Å². The molecular formula is C10H19N3. The zero-order chi connectivity index (χ0) is 9.52. The largest absolute Gasteiger partial charge is 0.318 e. The molecule has 13 heavy (non-hydrogen) atoms. The van der Waals surface area contributed by atoms with Crippen molar-refractivity contribution in [2.45, 2.75) is 52.5 Å². The average molecular weight is 181 g/mol. The number of hydrogen-bond acceptors (Lipinski definition) is 2. The molecule has 0 radical (unpaired) electrons. The van der Waals surface area contributed by atoms with Crippen LogP contribution in [0.2, 0.25) is 0 Å². The van der Waals surface area contributed by atoms with Gasteiger partial charge < -0.3 is 4.57 Å². The fourth-order valence-corrected chi connectivity index (χ4v) is 1.58. The second-order valence-electron chi connectivity index (χ2n) is 3.10. The lowest BCUT2D eigenvalue weighted by molar-refractivity contribution is 0.516. The minimum atomic E-state index is 1.11. The number of hydrogen-bond donors (Lipinski definition) is 0. The fraction of sp³-hybridized carbons (Fsp3) is 0.800. The molecule has 0 unspecified atom stereocenters.